The fourth-order valence-electron chi connectivity index (χ4n) is 3.74. The van der Waals surface area contributed by atoms with Crippen molar-refractivity contribution in [3.63, 3.8) is 0 Å². The third kappa shape index (κ3) is 4.72. The number of sulfonamides is 1. The lowest BCUT2D eigenvalue weighted by Crippen LogP contribution is -2.46. The number of fused-ring (bicyclic) bond motifs is 1. The minimum Gasteiger partial charge on any atom is -0.478 e. The average molecular weight is 519 g/mol. The number of carboxylic acid groups (broad SMARTS) is 1. The monoisotopic (exact) mass is 518 g/mol. The first-order chi connectivity index (χ1) is 15.3. The molecule has 0 aliphatic carbocycles. The molecule has 0 amide bonds. The van der Waals surface area contributed by atoms with Gasteiger partial charge in [0.05, 0.1) is 16.0 Å². The molecule has 0 unspecified atom stereocenters. The lowest BCUT2D eigenvalue weighted by Gasteiger charge is -2.35. The number of pyridine rings is 1. The van der Waals surface area contributed by atoms with Crippen LogP contribution in [0.25, 0.3) is 10.9 Å². The van der Waals surface area contributed by atoms with Gasteiger partial charge in [0.1, 0.15) is 5.82 Å². The molecule has 3 aromatic rings. The van der Waals surface area contributed by atoms with Crippen molar-refractivity contribution in [1.29, 1.82) is 0 Å². The van der Waals surface area contributed by atoms with Crippen molar-refractivity contribution < 1.29 is 18.3 Å². The second kappa shape index (κ2) is 9.05. The molecule has 1 aromatic heterocycles. The van der Waals surface area contributed by atoms with Crippen LogP contribution in [0.3, 0.4) is 0 Å². The number of hydrogen-bond acceptors (Lipinski definition) is 6. The van der Waals surface area contributed by atoms with E-state index < -0.39 is 16.0 Å². The van der Waals surface area contributed by atoms with Crippen LogP contribution < -0.4 is 9.62 Å². The van der Waals surface area contributed by atoms with E-state index in [0.717, 1.165) is 37.2 Å². The summed E-state index contributed by atoms with van der Waals surface area (Å²) in [7, 11) is -3.82. The number of halogens is 1. The summed E-state index contributed by atoms with van der Waals surface area (Å²) in [6.07, 6.45) is 0. The highest BCUT2D eigenvalue weighted by atomic mass is 79.9. The number of rotatable bonds is 6. The summed E-state index contributed by atoms with van der Waals surface area (Å²) in [6, 6.07) is 12.6. The summed E-state index contributed by atoms with van der Waals surface area (Å²) >= 11 is 3.29. The molecule has 32 heavy (non-hydrogen) atoms. The number of piperazine rings is 1. The zero-order chi connectivity index (χ0) is 22.9. The van der Waals surface area contributed by atoms with Gasteiger partial charge in [-0.15, -0.1) is 0 Å². The molecule has 1 fully saturated rings. The third-order valence-electron chi connectivity index (χ3n) is 5.55. The van der Waals surface area contributed by atoms with Crippen LogP contribution in [0.5, 0.6) is 0 Å². The van der Waals surface area contributed by atoms with E-state index in [1.54, 1.807) is 30.3 Å². The van der Waals surface area contributed by atoms with Gasteiger partial charge in [-0.3, -0.25) is 4.72 Å². The van der Waals surface area contributed by atoms with Crippen molar-refractivity contribution in [1.82, 2.24) is 9.88 Å². The van der Waals surface area contributed by atoms with Gasteiger partial charge in [-0.2, -0.15) is 0 Å². The molecule has 1 saturated heterocycles. The Morgan fingerprint density at radius 3 is 2.41 bits per heavy atom. The predicted octanol–water partition coefficient (Wildman–Crippen LogP) is 3.64. The number of likely N-dealkylation sites (N-methyl/N-ethyl adjacent to an activating group) is 1. The Balaban J connectivity index is 1.67. The Bertz CT molecular complexity index is 1260. The van der Waals surface area contributed by atoms with E-state index in [0.29, 0.717) is 16.7 Å². The lowest BCUT2D eigenvalue weighted by molar-refractivity contribution is 0.0699. The van der Waals surface area contributed by atoms with Crippen molar-refractivity contribution in [2.75, 3.05) is 42.3 Å². The number of nitrogens with one attached hydrogen (secondary N) is 1. The molecule has 1 aliphatic rings. The first-order valence-electron chi connectivity index (χ1n) is 10.2. The van der Waals surface area contributed by atoms with E-state index in [1.807, 2.05) is 0 Å². The van der Waals surface area contributed by atoms with Crippen LogP contribution in [0.1, 0.15) is 17.3 Å². The molecule has 168 valence electrons. The Kier molecular flexibility index (Phi) is 6.36. The van der Waals surface area contributed by atoms with E-state index in [-0.39, 0.29) is 16.1 Å². The van der Waals surface area contributed by atoms with E-state index in [9.17, 15) is 18.3 Å². The maximum atomic E-state index is 12.7. The van der Waals surface area contributed by atoms with Gasteiger partial charge in [0.2, 0.25) is 0 Å². The number of nitrogens with zero attached hydrogens (tertiary/aromatic N) is 3. The van der Waals surface area contributed by atoms with E-state index >= 15 is 0 Å². The van der Waals surface area contributed by atoms with Gasteiger partial charge in [0.15, 0.2) is 0 Å². The number of anilines is 2. The van der Waals surface area contributed by atoms with Crippen molar-refractivity contribution in [3.05, 3.63) is 58.6 Å². The molecular weight excluding hydrogens is 496 g/mol. The summed E-state index contributed by atoms with van der Waals surface area (Å²) in [5, 5.41) is 10.2. The molecule has 8 nitrogen and oxygen atoms in total. The lowest BCUT2D eigenvalue weighted by atomic mass is 10.1. The highest BCUT2D eigenvalue weighted by Gasteiger charge is 2.21. The van der Waals surface area contributed by atoms with Crippen LogP contribution in [-0.2, 0) is 10.0 Å². The highest BCUT2D eigenvalue weighted by Crippen LogP contribution is 2.28. The summed E-state index contributed by atoms with van der Waals surface area (Å²) in [6.45, 7) is 6.45. The number of aromatic nitrogens is 1. The first kappa shape index (κ1) is 22.5. The molecule has 0 spiro atoms. The summed E-state index contributed by atoms with van der Waals surface area (Å²) in [5.74, 6) is -0.465. The van der Waals surface area contributed by atoms with Gasteiger partial charge >= 0.3 is 5.97 Å². The summed E-state index contributed by atoms with van der Waals surface area (Å²) in [4.78, 5) is 21.2. The number of benzene rings is 2. The fourth-order valence-corrected chi connectivity index (χ4v) is 5.05. The van der Waals surface area contributed by atoms with E-state index in [1.165, 1.54) is 18.2 Å². The minimum atomic E-state index is -3.82. The minimum absolute atomic E-state index is 0.0904. The molecule has 4 rings (SSSR count). The van der Waals surface area contributed by atoms with E-state index in [4.69, 9.17) is 0 Å². The normalized spacial score (nSPS) is 15.1. The Morgan fingerprint density at radius 2 is 1.78 bits per heavy atom. The van der Waals surface area contributed by atoms with Crippen molar-refractivity contribution in [2.24, 2.45) is 0 Å². The van der Waals surface area contributed by atoms with Crippen molar-refractivity contribution in [2.45, 2.75) is 11.8 Å². The maximum absolute atomic E-state index is 12.7. The Morgan fingerprint density at radius 1 is 1.09 bits per heavy atom. The molecule has 0 radical (unpaired) electrons. The van der Waals surface area contributed by atoms with Crippen LogP contribution in [0.4, 0.5) is 11.5 Å². The van der Waals surface area contributed by atoms with Gasteiger partial charge in [0.25, 0.3) is 10.0 Å². The third-order valence-corrected chi connectivity index (χ3v) is 7.47. The van der Waals surface area contributed by atoms with Gasteiger partial charge in [-0.1, -0.05) is 22.9 Å². The first-order valence-corrected chi connectivity index (χ1v) is 12.5. The molecule has 2 aromatic carbocycles. The average Bonchev–Trinajstić information content (AvgIpc) is 2.78. The Hall–Kier alpha value is -2.69. The van der Waals surface area contributed by atoms with Crippen molar-refractivity contribution in [3.8, 4) is 0 Å². The predicted molar refractivity (Wildman–Crippen MR) is 128 cm³/mol. The zero-order valence-electron chi connectivity index (χ0n) is 17.5. The molecule has 10 heteroatoms. The molecule has 0 atom stereocenters. The molecule has 0 bridgehead atoms. The smallest absolute Gasteiger partial charge is 0.336 e. The molecule has 1 aliphatic heterocycles. The van der Waals surface area contributed by atoms with Crippen LogP contribution in [0.2, 0.25) is 0 Å². The fraction of sp³-hybridized carbons (Fsp3) is 0.273. The highest BCUT2D eigenvalue weighted by molar-refractivity contribution is 9.10. The van der Waals surface area contributed by atoms with Crippen molar-refractivity contribution >= 4 is 54.3 Å². The number of carbonyl (C=O) groups is 1. The maximum Gasteiger partial charge on any atom is 0.336 e. The molecule has 2 heterocycles. The zero-order valence-corrected chi connectivity index (χ0v) is 19.9. The standard InChI is InChI=1S/C22H23BrN4O4S/c1-2-26-9-11-27(12-10-26)21-14-19(22(28)29)18-13-16(5-8-20(18)24-21)25-32(30,31)17-6-3-15(23)4-7-17/h3-8,13-14,25H,2,9-12H2,1H3,(H,28,29). The molecule has 0 saturated carbocycles. The molecular formula is C22H23BrN4O4S. The Labute approximate surface area is 195 Å². The second-order valence-corrected chi connectivity index (χ2v) is 10.1. The summed E-state index contributed by atoms with van der Waals surface area (Å²) in [5.41, 5.74) is 0.867. The van der Waals surface area contributed by atoms with Crippen LogP contribution >= 0.6 is 15.9 Å². The van der Waals surface area contributed by atoms with E-state index in [2.05, 4.69) is 42.4 Å². The molecule has 2 N–H and O–H groups in total. The van der Waals surface area contributed by atoms with Crippen LogP contribution in [0.15, 0.2) is 57.9 Å². The summed E-state index contributed by atoms with van der Waals surface area (Å²) < 4.78 is 28.7. The van der Waals surface area contributed by atoms with Gasteiger partial charge in [-0.05, 0) is 55.1 Å². The SMILES string of the molecule is CCN1CCN(c2cc(C(=O)O)c3cc(NS(=O)(=O)c4ccc(Br)cc4)ccc3n2)CC1. The van der Waals surface area contributed by atoms with Gasteiger partial charge in [-0.25, -0.2) is 18.2 Å². The quantitative estimate of drug-likeness (QED) is 0.513. The van der Waals surface area contributed by atoms with Gasteiger partial charge < -0.3 is 14.9 Å². The number of hydrogen-bond donors (Lipinski definition) is 2. The largest absolute Gasteiger partial charge is 0.478 e. The van der Waals surface area contributed by atoms with Gasteiger partial charge in [0, 0.05) is 41.7 Å². The topological polar surface area (TPSA) is 103 Å². The number of carboxylic acids is 1. The number of aromatic carboxylic acids is 1. The van der Waals surface area contributed by atoms with Crippen LogP contribution in [0, 0.1) is 0 Å². The van der Waals surface area contributed by atoms with Crippen LogP contribution in [-0.4, -0.2) is 62.1 Å². The second-order valence-electron chi connectivity index (χ2n) is 7.55.